The molecule has 132 valence electrons. The number of fused-ring (bicyclic) bond motifs is 2. The summed E-state index contributed by atoms with van der Waals surface area (Å²) in [6, 6.07) is 8.31. The lowest BCUT2D eigenvalue weighted by Gasteiger charge is -2.57. The quantitative estimate of drug-likeness (QED) is 0.901. The molecule has 1 unspecified atom stereocenters. The van der Waals surface area contributed by atoms with E-state index in [2.05, 4.69) is 40.6 Å². The number of imidazole rings is 1. The smallest absolute Gasteiger partial charge is 0.262 e. The lowest BCUT2D eigenvalue weighted by atomic mass is 9.75. The van der Waals surface area contributed by atoms with Crippen molar-refractivity contribution in [1.29, 1.82) is 0 Å². The summed E-state index contributed by atoms with van der Waals surface area (Å²) in [5.74, 6) is 0.236. The summed E-state index contributed by atoms with van der Waals surface area (Å²) in [7, 11) is -1.77. The Morgan fingerprint density at radius 2 is 1.88 bits per heavy atom. The minimum absolute atomic E-state index is 0.0571. The number of aromatic nitrogens is 2. The largest absolute Gasteiger partial charge is 0.339 e. The van der Waals surface area contributed by atoms with Gasteiger partial charge in [-0.3, -0.25) is 0 Å². The Hall–Kier alpha value is -1.96. The number of hydrogen-bond acceptors (Lipinski definition) is 4. The van der Waals surface area contributed by atoms with Crippen LogP contribution in [0.25, 0.3) is 6.08 Å². The van der Waals surface area contributed by atoms with Gasteiger partial charge >= 0.3 is 0 Å². The molecule has 2 aromatic rings. The number of hydrogen-bond donors (Lipinski definition) is 1. The third kappa shape index (κ3) is 2.63. The zero-order chi connectivity index (χ0) is 17.6. The van der Waals surface area contributed by atoms with Crippen LogP contribution >= 0.6 is 0 Å². The van der Waals surface area contributed by atoms with Crippen molar-refractivity contribution < 1.29 is 8.42 Å². The van der Waals surface area contributed by atoms with E-state index in [1.54, 1.807) is 22.1 Å². The Morgan fingerprint density at radius 3 is 2.44 bits per heavy atom. The Bertz CT molecular complexity index is 889. The lowest BCUT2D eigenvalue weighted by molar-refractivity contribution is 0.0368. The van der Waals surface area contributed by atoms with Gasteiger partial charge in [-0.05, 0) is 18.1 Å². The van der Waals surface area contributed by atoms with Gasteiger partial charge in [0.15, 0.2) is 5.03 Å². The van der Waals surface area contributed by atoms with Crippen LogP contribution in [0.2, 0.25) is 0 Å². The molecule has 2 saturated heterocycles. The van der Waals surface area contributed by atoms with Gasteiger partial charge in [0, 0.05) is 44.3 Å². The van der Waals surface area contributed by atoms with Crippen LogP contribution in [0.1, 0.15) is 24.0 Å². The average molecular weight is 358 g/mol. The Morgan fingerprint density at radius 1 is 1.20 bits per heavy atom. The van der Waals surface area contributed by atoms with Crippen LogP contribution < -0.4 is 5.32 Å². The number of aryl methyl sites for hydroxylation is 1. The number of nitrogens with zero attached hydrogens (tertiary/aromatic N) is 3. The van der Waals surface area contributed by atoms with Crippen molar-refractivity contribution in [1.82, 2.24) is 19.2 Å². The van der Waals surface area contributed by atoms with Gasteiger partial charge < -0.3 is 9.88 Å². The van der Waals surface area contributed by atoms with Gasteiger partial charge in [-0.1, -0.05) is 36.4 Å². The molecule has 2 aliphatic heterocycles. The van der Waals surface area contributed by atoms with Gasteiger partial charge in [0.2, 0.25) is 0 Å². The summed E-state index contributed by atoms with van der Waals surface area (Å²) >= 11 is 0. The summed E-state index contributed by atoms with van der Waals surface area (Å²) in [6.07, 6.45) is 7.17. The van der Waals surface area contributed by atoms with E-state index in [-0.39, 0.29) is 23.0 Å². The van der Waals surface area contributed by atoms with Crippen LogP contribution in [-0.4, -0.2) is 47.4 Å². The Balaban J connectivity index is 1.62. The molecular weight excluding hydrogens is 336 g/mol. The molecule has 7 heteroatoms. The van der Waals surface area contributed by atoms with Crippen LogP contribution in [-0.2, 0) is 17.1 Å². The Kier molecular flexibility index (Phi) is 4.02. The molecule has 4 rings (SSSR count). The maximum absolute atomic E-state index is 13.0. The van der Waals surface area contributed by atoms with Gasteiger partial charge in [0.05, 0.1) is 6.33 Å². The fraction of sp³-hybridized carbons (Fsp3) is 0.389. The van der Waals surface area contributed by atoms with E-state index in [4.69, 9.17) is 0 Å². The molecule has 25 heavy (non-hydrogen) atoms. The van der Waals surface area contributed by atoms with Crippen molar-refractivity contribution >= 4 is 16.1 Å². The molecule has 1 N–H and O–H groups in total. The van der Waals surface area contributed by atoms with Crippen molar-refractivity contribution in [2.75, 3.05) is 13.1 Å². The van der Waals surface area contributed by atoms with Crippen LogP contribution in [0.4, 0.5) is 0 Å². The van der Waals surface area contributed by atoms with Crippen LogP contribution in [0, 0.1) is 0 Å². The highest BCUT2D eigenvalue weighted by molar-refractivity contribution is 7.89. The van der Waals surface area contributed by atoms with E-state index in [1.165, 1.54) is 11.9 Å². The van der Waals surface area contributed by atoms with Crippen molar-refractivity contribution in [2.45, 2.75) is 30.0 Å². The van der Waals surface area contributed by atoms with E-state index in [9.17, 15) is 8.42 Å². The van der Waals surface area contributed by atoms with Gasteiger partial charge in [-0.15, -0.1) is 0 Å². The zero-order valence-corrected chi connectivity index (χ0v) is 15.1. The molecule has 2 aliphatic rings. The summed E-state index contributed by atoms with van der Waals surface area (Å²) in [5, 5.41) is 3.46. The molecule has 0 saturated carbocycles. The molecule has 2 bridgehead atoms. The van der Waals surface area contributed by atoms with Crippen molar-refractivity contribution in [3.8, 4) is 0 Å². The normalized spacial score (nSPS) is 26.7. The minimum atomic E-state index is -3.55. The molecule has 2 fully saturated rings. The predicted molar refractivity (Wildman–Crippen MR) is 96.6 cm³/mol. The highest BCUT2D eigenvalue weighted by Crippen LogP contribution is 2.45. The van der Waals surface area contributed by atoms with E-state index >= 15 is 0 Å². The van der Waals surface area contributed by atoms with Gasteiger partial charge in [0.1, 0.15) is 0 Å². The molecule has 0 radical (unpaired) electrons. The standard InChI is InChI=1S/C18H22N4O2S/c1-3-4-13-5-7-14(8-6-13)18-15-9-19-10-16(18)22(15)25(23,24)17-11-21(2)12-20-17/h3-8,11-12,15-16,18-19H,9-10H2,1-2H3/b4-3+/t15-,16+,18?. The van der Waals surface area contributed by atoms with Crippen LogP contribution in [0.15, 0.2) is 47.9 Å². The first-order valence-corrected chi connectivity index (χ1v) is 9.91. The first-order valence-electron chi connectivity index (χ1n) is 8.47. The second-order valence-electron chi connectivity index (χ2n) is 6.70. The van der Waals surface area contributed by atoms with E-state index in [0.717, 1.165) is 5.56 Å². The molecule has 0 amide bonds. The number of nitrogens with one attached hydrogen (secondary N) is 1. The third-order valence-electron chi connectivity index (χ3n) is 5.09. The molecule has 0 aliphatic carbocycles. The van der Waals surface area contributed by atoms with Crippen molar-refractivity contribution in [2.24, 2.45) is 7.05 Å². The van der Waals surface area contributed by atoms with Crippen LogP contribution in [0.3, 0.4) is 0 Å². The highest BCUT2D eigenvalue weighted by Gasteiger charge is 2.57. The molecule has 0 spiro atoms. The maximum Gasteiger partial charge on any atom is 0.262 e. The predicted octanol–water partition coefficient (Wildman–Crippen LogP) is 1.58. The number of allylic oxidation sites excluding steroid dienone is 1. The second-order valence-corrected chi connectivity index (χ2v) is 8.49. The first kappa shape index (κ1) is 16.5. The summed E-state index contributed by atoms with van der Waals surface area (Å²) in [4.78, 5) is 4.05. The average Bonchev–Trinajstić information content (AvgIpc) is 3.04. The van der Waals surface area contributed by atoms with Crippen LogP contribution in [0.5, 0.6) is 0 Å². The Labute approximate surface area is 148 Å². The first-order chi connectivity index (χ1) is 12.0. The number of sulfonamides is 1. The molecule has 1 aromatic heterocycles. The van der Waals surface area contributed by atoms with Crippen molar-refractivity contribution in [3.63, 3.8) is 0 Å². The lowest BCUT2D eigenvalue weighted by Crippen LogP contribution is -2.73. The van der Waals surface area contributed by atoms with E-state index < -0.39 is 10.0 Å². The van der Waals surface area contributed by atoms with E-state index in [1.807, 2.05) is 13.0 Å². The molecular formula is C18H22N4O2S. The number of piperidine rings is 1. The van der Waals surface area contributed by atoms with Crippen molar-refractivity contribution in [3.05, 3.63) is 54.0 Å². The van der Waals surface area contributed by atoms with Gasteiger partial charge in [-0.25, -0.2) is 13.4 Å². The molecule has 3 atom stereocenters. The van der Waals surface area contributed by atoms with Gasteiger partial charge in [-0.2, -0.15) is 4.31 Å². The number of benzene rings is 1. The molecule has 6 nitrogen and oxygen atoms in total. The number of piperazine rings is 1. The summed E-state index contributed by atoms with van der Waals surface area (Å²) < 4.78 is 29.3. The topological polar surface area (TPSA) is 67.2 Å². The second kappa shape index (κ2) is 6.09. The maximum atomic E-state index is 13.0. The minimum Gasteiger partial charge on any atom is -0.339 e. The molecule has 1 aromatic carbocycles. The highest BCUT2D eigenvalue weighted by atomic mass is 32.2. The monoisotopic (exact) mass is 358 g/mol. The fourth-order valence-corrected chi connectivity index (χ4v) is 5.80. The number of rotatable bonds is 4. The van der Waals surface area contributed by atoms with Gasteiger partial charge in [0.25, 0.3) is 10.0 Å². The summed E-state index contributed by atoms with van der Waals surface area (Å²) in [6.45, 7) is 3.34. The zero-order valence-electron chi connectivity index (χ0n) is 14.3. The summed E-state index contributed by atoms with van der Waals surface area (Å²) in [5.41, 5.74) is 2.36. The van der Waals surface area contributed by atoms with E-state index in [0.29, 0.717) is 13.1 Å². The fourth-order valence-electron chi connectivity index (χ4n) is 3.98. The molecule has 3 heterocycles. The SMILES string of the molecule is C/C=C/c1ccc(C2[C@H]3CNC[C@@H]2N3S(=O)(=O)c2cn(C)cn2)cc1. The third-order valence-corrected chi connectivity index (χ3v) is 6.93.